The Bertz CT molecular complexity index is 669. The van der Waals surface area contributed by atoms with Crippen molar-refractivity contribution in [1.29, 1.82) is 0 Å². The van der Waals surface area contributed by atoms with Gasteiger partial charge in [0.15, 0.2) is 0 Å². The second-order valence-electron chi connectivity index (χ2n) is 5.99. The zero-order valence-electron chi connectivity index (χ0n) is 12.9. The van der Waals surface area contributed by atoms with Crippen LogP contribution < -0.4 is 5.32 Å². The molecule has 2 aromatic rings. The molecule has 1 saturated heterocycles. The molecule has 24 heavy (non-hydrogen) atoms. The van der Waals surface area contributed by atoms with Gasteiger partial charge in [-0.05, 0) is 24.1 Å². The number of nitrogens with zero attached hydrogens (tertiary/aromatic N) is 2. The summed E-state index contributed by atoms with van der Waals surface area (Å²) in [4.78, 5) is 1.44. The SMILES string of the molecule is FC(F)(F)CN1CC[C@@H](NCc2cn[nH]c2-c2ccc(Cl)cc2)C1. The number of aromatic nitrogens is 2. The molecular weight excluding hydrogens is 341 g/mol. The van der Waals surface area contributed by atoms with Crippen LogP contribution in [-0.2, 0) is 6.54 Å². The van der Waals surface area contributed by atoms with E-state index in [1.165, 1.54) is 4.90 Å². The number of alkyl halides is 3. The van der Waals surface area contributed by atoms with Gasteiger partial charge in [-0.1, -0.05) is 23.7 Å². The maximum Gasteiger partial charge on any atom is 0.401 e. The summed E-state index contributed by atoms with van der Waals surface area (Å²) in [5.74, 6) is 0. The molecule has 1 aromatic heterocycles. The van der Waals surface area contributed by atoms with E-state index in [1.54, 1.807) is 18.3 Å². The molecule has 0 aliphatic carbocycles. The molecule has 0 saturated carbocycles. The summed E-state index contributed by atoms with van der Waals surface area (Å²) in [6.07, 6.45) is -1.69. The number of H-pyrrole nitrogens is 1. The van der Waals surface area contributed by atoms with Crippen LogP contribution in [-0.4, -0.2) is 46.9 Å². The maximum absolute atomic E-state index is 12.4. The Morgan fingerprint density at radius 1 is 1.29 bits per heavy atom. The standard InChI is InChI=1S/C16H18ClF3N4/c17-13-3-1-11(2-4-13)15-12(8-22-23-15)7-21-14-5-6-24(9-14)10-16(18,19)20/h1-4,8,14,21H,5-7,9-10H2,(H,22,23)/t14-/m1/s1. The minimum absolute atomic E-state index is 0.0558. The van der Waals surface area contributed by atoms with Gasteiger partial charge in [0, 0.05) is 36.3 Å². The highest BCUT2D eigenvalue weighted by atomic mass is 35.5. The van der Waals surface area contributed by atoms with Gasteiger partial charge in [-0.3, -0.25) is 10.00 Å². The van der Waals surface area contributed by atoms with E-state index in [4.69, 9.17) is 11.6 Å². The first-order chi connectivity index (χ1) is 11.4. The van der Waals surface area contributed by atoms with Crippen molar-refractivity contribution in [3.05, 3.63) is 41.0 Å². The van der Waals surface area contributed by atoms with Gasteiger partial charge in [0.25, 0.3) is 0 Å². The Labute approximate surface area is 143 Å². The Morgan fingerprint density at radius 3 is 2.75 bits per heavy atom. The molecule has 1 fully saturated rings. The molecule has 3 rings (SSSR count). The van der Waals surface area contributed by atoms with Gasteiger partial charge in [-0.2, -0.15) is 18.3 Å². The number of likely N-dealkylation sites (tertiary alicyclic amines) is 1. The summed E-state index contributed by atoms with van der Waals surface area (Å²) in [5.41, 5.74) is 2.84. The van der Waals surface area contributed by atoms with Gasteiger partial charge in [0.05, 0.1) is 18.4 Å². The molecule has 0 spiro atoms. The molecule has 4 nitrogen and oxygen atoms in total. The Kier molecular flexibility index (Phi) is 5.12. The lowest BCUT2D eigenvalue weighted by atomic mass is 10.1. The van der Waals surface area contributed by atoms with Crippen LogP contribution in [0, 0.1) is 0 Å². The van der Waals surface area contributed by atoms with E-state index in [1.807, 2.05) is 12.1 Å². The average molecular weight is 359 g/mol. The summed E-state index contributed by atoms with van der Waals surface area (Å²) in [6.45, 7) is 0.589. The summed E-state index contributed by atoms with van der Waals surface area (Å²) < 4.78 is 37.3. The Morgan fingerprint density at radius 2 is 2.04 bits per heavy atom. The third kappa shape index (κ3) is 4.49. The van der Waals surface area contributed by atoms with Crippen molar-refractivity contribution < 1.29 is 13.2 Å². The summed E-state index contributed by atoms with van der Waals surface area (Å²) in [6, 6.07) is 7.47. The number of rotatable bonds is 5. The van der Waals surface area contributed by atoms with Gasteiger partial charge < -0.3 is 5.32 Å². The van der Waals surface area contributed by atoms with E-state index in [2.05, 4.69) is 15.5 Å². The lowest BCUT2D eigenvalue weighted by molar-refractivity contribution is -0.143. The first kappa shape index (κ1) is 17.3. The first-order valence-electron chi connectivity index (χ1n) is 7.71. The van der Waals surface area contributed by atoms with Crippen LogP contribution in [0.2, 0.25) is 5.02 Å². The smallest absolute Gasteiger partial charge is 0.308 e. The van der Waals surface area contributed by atoms with Crippen LogP contribution >= 0.6 is 11.6 Å². The molecule has 1 aliphatic rings. The molecule has 0 radical (unpaired) electrons. The molecule has 1 atom stereocenters. The normalized spacial score (nSPS) is 19.1. The number of hydrogen-bond acceptors (Lipinski definition) is 3. The van der Waals surface area contributed by atoms with Crippen molar-refractivity contribution in [1.82, 2.24) is 20.4 Å². The molecule has 0 amide bonds. The molecule has 1 aromatic carbocycles. The Balaban J connectivity index is 1.57. The monoisotopic (exact) mass is 358 g/mol. The lowest BCUT2D eigenvalue weighted by Crippen LogP contribution is -2.36. The van der Waals surface area contributed by atoms with Crippen molar-refractivity contribution in [2.75, 3.05) is 19.6 Å². The Hall–Kier alpha value is -1.57. The molecule has 1 aliphatic heterocycles. The fraction of sp³-hybridized carbons (Fsp3) is 0.438. The first-order valence-corrected chi connectivity index (χ1v) is 8.09. The molecule has 8 heteroatoms. The number of nitrogens with one attached hydrogen (secondary N) is 2. The van der Waals surface area contributed by atoms with Crippen molar-refractivity contribution in [2.24, 2.45) is 0 Å². The minimum atomic E-state index is -4.14. The quantitative estimate of drug-likeness (QED) is 0.860. The van der Waals surface area contributed by atoms with E-state index in [0.29, 0.717) is 31.1 Å². The zero-order valence-corrected chi connectivity index (χ0v) is 13.7. The highest BCUT2D eigenvalue weighted by Crippen LogP contribution is 2.24. The molecule has 2 heterocycles. The predicted molar refractivity (Wildman–Crippen MR) is 86.8 cm³/mol. The van der Waals surface area contributed by atoms with Gasteiger partial charge in [-0.25, -0.2) is 0 Å². The van der Waals surface area contributed by atoms with E-state index < -0.39 is 12.7 Å². The largest absolute Gasteiger partial charge is 0.401 e. The lowest BCUT2D eigenvalue weighted by Gasteiger charge is -2.18. The van der Waals surface area contributed by atoms with Crippen LogP contribution in [0.5, 0.6) is 0 Å². The van der Waals surface area contributed by atoms with Crippen molar-refractivity contribution in [3.8, 4) is 11.3 Å². The fourth-order valence-electron chi connectivity index (χ4n) is 2.96. The highest BCUT2D eigenvalue weighted by Gasteiger charge is 2.34. The van der Waals surface area contributed by atoms with Gasteiger partial charge in [0.1, 0.15) is 0 Å². The summed E-state index contributed by atoms with van der Waals surface area (Å²) in [5, 5.41) is 11.0. The van der Waals surface area contributed by atoms with E-state index in [-0.39, 0.29) is 6.04 Å². The van der Waals surface area contributed by atoms with E-state index in [9.17, 15) is 13.2 Å². The summed E-state index contributed by atoms with van der Waals surface area (Å²) in [7, 11) is 0. The minimum Gasteiger partial charge on any atom is -0.308 e. The van der Waals surface area contributed by atoms with Crippen molar-refractivity contribution in [2.45, 2.75) is 25.2 Å². The number of halogens is 4. The zero-order chi connectivity index (χ0) is 17.2. The molecule has 0 unspecified atom stereocenters. The topological polar surface area (TPSA) is 44.0 Å². The van der Waals surface area contributed by atoms with E-state index >= 15 is 0 Å². The second-order valence-corrected chi connectivity index (χ2v) is 6.43. The number of hydrogen-bond donors (Lipinski definition) is 2. The van der Waals surface area contributed by atoms with Crippen molar-refractivity contribution in [3.63, 3.8) is 0 Å². The molecule has 2 N–H and O–H groups in total. The fourth-order valence-corrected chi connectivity index (χ4v) is 3.09. The average Bonchev–Trinajstić information content (AvgIpc) is 3.13. The van der Waals surface area contributed by atoms with Crippen LogP contribution in [0.1, 0.15) is 12.0 Å². The second kappa shape index (κ2) is 7.13. The maximum atomic E-state index is 12.4. The van der Waals surface area contributed by atoms with Crippen LogP contribution in [0.4, 0.5) is 13.2 Å². The predicted octanol–water partition coefficient (Wildman–Crippen LogP) is 3.46. The highest BCUT2D eigenvalue weighted by molar-refractivity contribution is 6.30. The third-order valence-electron chi connectivity index (χ3n) is 4.11. The third-order valence-corrected chi connectivity index (χ3v) is 4.36. The molecule has 0 bridgehead atoms. The van der Waals surface area contributed by atoms with Crippen LogP contribution in [0.3, 0.4) is 0 Å². The molecular formula is C16H18ClF3N4. The van der Waals surface area contributed by atoms with Gasteiger partial charge in [0.2, 0.25) is 0 Å². The summed E-state index contributed by atoms with van der Waals surface area (Å²) >= 11 is 5.90. The van der Waals surface area contributed by atoms with Crippen molar-refractivity contribution >= 4 is 11.6 Å². The molecule has 130 valence electrons. The van der Waals surface area contributed by atoms with Gasteiger partial charge >= 0.3 is 6.18 Å². The number of benzene rings is 1. The van der Waals surface area contributed by atoms with E-state index in [0.717, 1.165) is 16.8 Å². The van der Waals surface area contributed by atoms with Gasteiger partial charge in [-0.15, -0.1) is 0 Å². The number of aromatic amines is 1. The van der Waals surface area contributed by atoms with Crippen LogP contribution in [0.25, 0.3) is 11.3 Å². The van der Waals surface area contributed by atoms with Crippen LogP contribution in [0.15, 0.2) is 30.5 Å².